The van der Waals surface area contributed by atoms with E-state index in [-0.39, 0.29) is 20.9 Å². The minimum Gasteiger partial charge on any atom is -0.399 e. The highest BCUT2D eigenvalue weighted by molar-refractivity contribution is 8.00. The molecule has 4 nitrogen and oxygen atoms in total. The van der Waals surface area contributed by atoms with E-state index in [0.717, 1.165) is 18.9 Å². The van der Waals surface area contributed by atoms with Crippen molar-refractivity contribution in [1.82, 2.24) is 4.72 Å². The number of nitrogen functional groups attached to an aromatic ring is 1. The zero-order chi connectivity index (χ0) is 14.3. The summed E-state index contributed by atoms with van der Waals surface area (Å²) in [5.41, 5.74) is 6.05. The van der Waals surface area contributed by atoms with E-state index in [1.165, 1.54) is 13.0 Å². The number of rotatable bonds is 5. The monoisotopic (exact) mass is 304 g/mol. The fraction of sp³-hybridized carbons (Fsp3) is 0.500. The lowest BCUT2D eigenvalue weighted by Gasteiger charge is -2.14. The van der Waals surface area contributed by atoms with Gasteiger partial charge in [-0.2, -0.15) is 11.8 Å². The molecule has 0 spiro atoms. The predicted molar refractivity (Wildman–Crippen MR) is 76.2 cm³/mol. The van der Waals surface area contributed by atoms with E-state index < -0.39 is 15.8 Å². The summed E-state index contributed by atoms with van der Waals surface area (Å²) in [5, 5.41) is 0. The Bertz CT molecular complexity index is 598. The highest BCUT2D eigenvalue weighted by Gasteiger charge is 2.42. The largest absolute Gasteiger partial charge is 0.399 e. The van der Waals surface area contributed by atoms with Crippen molar-refractivity contribution in [2.45, 2.75) is 29.4 Å². The van der Waals surface area contributed by atoms with E-state index >= 15 is 0 Å². The van der Waals surface area contributed by atoms with Gasteiger partial charge in [0.25, 0.3) is 0 Å². The quantitative estimate of drug-likeness (QED) is 0.815. The van der Waals surface area contributed by atoms with Crippen molar-refractivity contribution < 1.29 is 12.8 Å². The second kappa shape index (κ2) is 4.96. The van der Waals surface area contributed by atoms with E-state index in [2.05, 4.69) is 4.72 Å². The van der Waals surface area contributed by atoms with Crippen LogP contribution in [0.3, 0.4) is 0 Å². The van der Waals surface area contributed by atoms with E-state index in [4.69, 9.17) is 5.73 Å². The summed E-state index contributed by atoms with van der Waals surface area (Å²) in [4.78, 5) is -0.373. The Hall–Kier alpha value is -0.790. The number of benzene rings is 1. The van der Waals surface area contributed by atoms with Gasteiger partial charge >= 0.3 is 0 Å². The highest BCUT2D eigenvalue weighted by Crippen LogP contribution is 2.46. The molecule has 1 aliphatic carbocycles. The lowest BCUT2D eigenvalue weighted by atomic mass is 10.2. The maximum atomic E-state index is 13.9. The third kappa shape index (κ3) is 3.04. The Labute approximate surface area is 117 Å². The zero-order valence-electron chi connectivity index (χ0n) is 10.9. The first-order valence-corrected chi connectivity index (χ1v) is 8.61. The molecule has 7 heteroatoms. The molecule has 0 saturated heterocycles. The minimum atomic E-state index is -3.86. The number of sulfonamides is 1. The Kier molecular flexibility index (Phi) is 3.81. The van der Waals surface area contributed by atoms with E-state index in [9.17, 15) is 12.8 Å². The summed E-state index contributed by atoms with van der Waals surface area (Å²) in [7, 11) is -3.86. The molecule has 1 aromatic carbocycles. The molecule has 19 heavy (non-hydrogen) atoms. The Morgan fingerprint density at radius 2 is 2.11 bits per heavy atom. The maximum absolute atomic E-state index is 13.9. The van der Waals surface area contributed by atoms with Gasteiger partial charge < -0.3 is 5.73 Å². The van der Waals surface area contributed by atoms with Crippen molar-refractivity contribution >= 4 is 27.5 Å². The molecule has 0 unspecified atom stereocenters. The van der Waals surface area contributed by atoms with Crippen LogP contribution in [0.2, 0.25) is 0 Å². The van der Waals surface area contributed by atoms with Gasteiger partial charge in [-0.15, -0.1) is 0 Å². The number of nitrogens with two attached hydrogens (primary N) is 1. The molecule has 2 rings (SSSR count). The van der Waals surface area contributed by atoms with Crippen LogP contribution in [-0.2, 0) is 10.0 Å². The third-order valence-corrected chi connectivity index (χ3v) is 6.18. The van der Waals surface area contributed by atoms with Crippen LogP contribution in [0.1, 0.15) is 18.4 Å². The Balaban J connectivity index is 2.25. The molecule has 3 N–H and O–H groups in total. The van der Waals surface area contributed by atoms with Crippen molar-refractivity contribution in [2.75, 3.05) is 18.5 Å². The van der Waals surface area contributed by atoms with Gasteiger partial charge in [-0.3, -0.25) is 0 Å². The van der Waals surface area contributed by atoms with Gasteiger partial charge in [0.1, 0.15) is 10.7 Å². The van der Waals surface area contributed by atoms with Gasteiger partial charge in [-0.25, -0.2) is 17.5 Å². The second-order valence-electron chi connectivity index (χ2n) is 4.86. The van der Waals surface area contributed by atoms with Gasteiger partial charge in [-0.05, 0) is 43.7 Å². The molecule has 0 radical (unpaired) electrons. The summed E-state index contributed by atoms with van der Waals surface area (Å²) in [5.74, 6) is -0.740. The fourth-order valence-electron chi connectivity index (χ4n) is 1.86. The normalized spacial score (nSPS) is 17.4. The number of hydrogen-bond acceptors (Lipinski definition) is 4. The summed E-state index contributed by atoms with van der Waals surface area (Å²) >= 11 is 1.64. The van der Waals surface area contributed by atoms with Gasteiger partial charge in [-0.1, -0.05) is 0 Å². The van der Waals surface area contributed by atoms with Crippen LogP contribution in [0, 0.1) is 12.7 Å². The van der Waals surface area contributed by atoms with Crippen LogP contribution in [0.4, 0.5) is 10.1 Å². The van der Waals surface area contributed by atoms with Crippen molar-refractivity contribution in [3.8, 4) is 0 Å². The molecule has 0 aliphatic heterocycles. The lowest BCUT2D eigenvalue weighted by Crippen LogP contribution is -2.32. The van der Waals surface area contributed by atoms with E-state index in [1.807, 2.05) is 6.26 Å². The number of anilines is 1. The molecule has 0 heterocycles. The Morgan fingerprint density at radius 3 is 2.63 bits per heavy atom. The molecular formula is C12H17FN2O2S2. The van der Waals surface area contributed by atoms with Crippen molar-refractivity contribution in [2.24, 2.45) is 0 Å². The zero-order valence-corrected chi connectivity index (χ0v) is 12.5. The number of halogens is 1. The van der Waals surface area contributed by atoms with E-state index in [1.54, 1.807) is 11.8 Å². The van der Waals surface area contributed by atoms with Gasteiger partial charge in [0, 0.05) is 17.0 Å². The minimum absolute atomic E-state index is 0.0150. The van der Waals surface area contributed by atoms with Crippen LogP contribution >= 0.6 is 11.8 Å². The molecule has 0 bridgehead atoms. The van der Waals surface area contributed by atoms with Crippen LogP contribution in [0.5, 0.6) is 0 Å². The van der Waals surface area contributed by atoms with Crippen molar-refractivity contribution in [3.63, 3.8) is 0 Å². The molecule has 106 valence electrons. The number of nitrogens with one attached hydrogen (secondary N) is 1. The second-order valence-corrected chi connectivity index (χ2v) is 7.87. The first-order valence-electron chi connectivity index (χ1n) is 5.90. The maximum Gasteiger partial charge on any atom is 0.243 e. The van der Waals surface area contributed by atoms with Crippen LogP contribution < -0.4 is 10.5 Å². The molecule has 1 aliphatic rings. The molecule has 0 aromatic heterocycles. The molecule has 1 fully saturated rings. The van der Waals surface area contributed by atoms with Crippen LogP contribution in [0.15, 0.2) is 17.0 Å². The highest BCUT2D eigenvalue weighted by atomic mass is 32.2. The number of thioether (sulfide) groups is 1. The smallest absolute Gasteiger partial charge is 0.243 e. The summed E-state index contributed by atoms with van der Waals surface area (Å²) in [6.07, 6.45) is 3.91. The van der Waals surface area contributed by atoms with E-state index in [0.29, 0.717) is 6.54 Å². The van der Waals surface area contributed by atoms with Crippen molar-refractivity contribution in [1.29, 1.82) is 0 Å². The Morgan fingerprint density at radius 1 is 1.47 bits per heavy atom. The third-order valence-electron chi connectivity index (χ3n) is 3.36. The van der Waals surface area contributed by atoms with Gasteiger partial charge in [0.15, 0.2) is 0 Å². The molecule has 0 atom stereocenters. The summed E-state index contributed by atoms with van der Waals surface area (Å²) < 4.78 is 40.6. The molecule has 1 saturated carbocycles. The van der Waals surface area contributed by atoms with Gasteiger partial charge in [0.2, 0.25) is 10.0 Å². The first kappa shape index (κ1) is 14.6. The standard InChI is InChI=1S/C12H17FN2O2S2/c1-8-5-9(14)6-10(11(8)13)19(16,17)15-7-12(18-2)3-4-12/h5-6,15H,3-4,7,14H2,1-2H3. The topological polar surface area (TPSA) is 72.2 Å². The van der Waals surface area contributed by atoms with Crippen LogP contribution in [-0.4, -0.2) is 26.0 Å². The lowest BCUT2D eigenvalue weighted by molar-refractivity contribution is 0.552. The number of aryl methyl sites for hydroxylation is 1. The first-order chi connectivity index (χ1) is 8.80. The van der Waals surface area contributed by atoms with Crippen LogP contribution in [0.25, 0.3) is 0 Å². The van der Waals surface area contributed by atoms with Crippen molar-refractivity contribution in [3.05, 3.63) is 23.5 Å². The SMILES string of the molecule is CSC1(CNS(=O)(=O)c2cc(N)cc(C)c2F)CC1. The summed E-state index contributed by atoms with van der Waals surface area (Å²) in [6.45, 7) is 1.82. The summed E-state index contributed by atoms with van der Waals surface area (Å²) in [6, 6.07) is 2.57. The predicted octanol–water partition coefficient (Wildman–Crippen LogP) is 1.89. The average molecular weight is 304 g/mol. The van der Waals surface area contributed by atoms with Gasteiger partial charge in [0.05, 0.1) is 0 Å². The number of hydrogen-bond donors (Lipinski definition) is 2. The fourth-order valence-corrected chi connectivity index (χ4v) is 3.98. The average Bonchev–Trinajstić information content (AvgIpc) is 3.12. The molecule has 1 aromatic rings. The molecular weight excluding hydrogens is 287 g/mol. The molecule has 0 amide bonds.